The number of hydrogen-bond donors (Lipinski definition) is 2. The Balaban J connectivity index is 2.96. The van der Waals surface area contributed by atoms with Crippen LogP contribution >= 0.6 is 0 Å². The molecule has 0 bridgehead atoms. The quantitative estimate of drug-likeness (QED) is 0.800. The summed E-state index contributed by atoms with van der Waals surface area (Å²) in [6.07, 6.45) is 1.06. The molecule has 0 aromatic carbocycles. The van der Waals surface area contributed by atoms with Crippen LogP contribution in [0.15, 0.2) is 18.3 Å². The monoisotopic (exact) mass is 269 g/mol. The summed E-state index contributed by atoms with van der Waals surface area (Å²) in [6.45, 7) is 0. The summed E-state index contributed by atoms with van der Waals surface area (Å²) in [6, 6.07) is 2.23. The number of carbonyl (C=O) groups excluding carboxylic acids is 1. The van der Waals surface area contributed by atoms with Crippen LogP contribution in [0, 0.1) is 0 Å². The third kappa shape index (κ3) is 3.06. The van der Waals surface area contributed by atoms with E-state index in [2.05, 4.69) is 4.98 Å². The van der Waals surface area contributed by atoms with Crippen LogP contribution in [0.2, 0.25) is 0 Å². The third-order valence-electron chi connectivity index (χ3n) is 1.55. The van der Waals surface area contributed by atoms with Gasteiger partial charge in [0.15, 0.2) is 0 Å². The first-order valence-electron chi connectivity index (χ1n) is 3.98. The Morgan fingerprint density at radius 2 is 2.00 bits per heavy atom. The summed E-state index contributed by atoms with van der Waals surface area (Å²) >= 11 is 0. The Morgan fingerprint density at radius 1 is 1.41 bits per heavy atom. The second-order valence-electron chi connectivity index (χ2n) is 2.85. The second-order valence-corrected chi connectivity index (χ2v) is 4.53. The zero-order valence-electron chi connectivity index (χ0n) is 8.02. The molecule has 94 valence electrons. The van der Waals surface area contributed by atoms with E-state index < -0.39 is 27.1 Å². The van der Waals surface area contributed by atoms with Gasteiger partial charge in [0.1, 0.15) is 5.69 Å². The van der Waals surface area contributed by atoms with Crippen LogP contribution in [0.1, 0.15) is 10.5 Å². The third-order valence-corrected chi connectivity index (χ3v) is 2.61. The molecule has 1 heterocycles. The van der Waals surface area contributed by atoms with E-state index in [1.165, 1.54) is 6.07 Å². The maximum Gasteiger partial charge on any atom is 0.516 e. The van der Waals surface area contributed by atoms with E-state index in [0.717, 1.165) is 17.0 Å². The molecule has 0 aliphatic carbocycles. The number of carbonyl (C=O) groups is 1. The Labute approximate surface area is 93.7 Å². The number of nitrogens with two attached hydrogens (primary N) is 1. The van der Waals surface area contributed by atoms with Gasteiger partial charge in [0.2, 0.25) is 0 Å². The fourth-order valence-electron chi connectivity index (χ4n) is 0.803. The fourth-order valence-corrected chi connectivity index (χ4v) is 1.27. The zero-order chi connectivity index (χ0) is 13.3. The molecule has 6 nitrogen and oxygen atoms in total. The van der Waals surface area contributed by atoms with Crippen LogP contribution in [0.3, 0.4) is 0 Å². The van der Waals surface area contributed by atoms with Crippen molar-refractivity contribution in [2.45, 2.75) is 5.51 Å². The highest BCUT2D eigenvalue weighted by molar-refractivity contribution is 7.90. The van der Waals surface area contributed by atoms with Crippen molar-refractivity contribution >= 4 is 21.6 Å². The maximum absolute atomic E-state index is 11.9. The Bertz CT molecular complexity index is 541. The largest absolute Gasteiger partial charge is 0.516 e. The number of aromatic nitrogens is 1. The summed E-state index contributed by atoms with van der Waals surface area (Å²) in [5.41, 5.74) is -0.778. The molecular formula is C7H6F3N3O3S. The van der Waals surface area contributed by atoms with Gasteiger partial charge in [0.05, 0.1) is 0 Å². The molecule has 1 rings (SSSR count). The molecule has 0 spiro atoms. The molecule has 0 saturated heterocycles. The van der Waals surface area contributed by atoms with E-state index in [4.69, 9.17) is 5.73 Å². The minimum Gasteiger partial charge on any atom is -0.399 e. The second kappa shape index (κ2) is 4.20. The van der Waals surface area contributed by atoms with Gasteiger partial charge in [-0.2, -0.15) is 21.6 Å². The lowest BCUT2D eigenvalue weighted by molar-refractivity contribution is -0.0446. The standard InChI is InChI=1S/C7H6F3N3O3S/c8-7(9,10)17(15,16)13-6(14)5-3-4(11)1-2-12-5/h1-3H,(H2,11,12)(H,13,14). The van der Waals surface area contributed by atoms with Gasteiger partial charge in [-0.15, -0.1) is 0 Å². The minimum atomic E-state index is -5.74. The average Bonchev–Trinajstić information content (AvgIpc) is 2.15. The number of nitrogens with one attached hydrogen (secondary N) is 1. The fraction of sp³-hybridized carbons (Fsp3) is 0.143. The molecule has 0 aliphatic rings. The van der Waals surface area contributed by atoms with Gasteiger partial charge in [-0.25, -0.2) is 4.72 Å². The molecule has 1 amide bonds. The highest BCUT2D eigenvalue weighted by atomic mass is 32.2. The van der Waals surface area contributed by atoms with Gasteiger partial charge >= 0.3 is 15.5 Å². The first kappa shape index (κ1) is 13.2. The molecule has 0 unspecified atom stereocenters. The Hall–Kier alpha value is -1.84. The lowest BCUT2D eigenvalue weighted by Gasteiger charge is -2.08. The number of alkyl halides is 3. The number of nitrogens with zero attached hydrogens (tertiary/aromatic N) is 1. The normalized spacial score (nSPS) is 12.2. The molecule has 0 atom stereocenters. The predicted molar refractivity (Wildman–Crippen MR) is 51.1 cm³/mol. The van der Waals surface area contributed by atoms with Crippen LogP contribution < -0.4 is 10.5 Å². The number of anilines is 1. The number of sulfonamides is 1. The van der Waals surface area contributed by atoms with Crippen LogP contribution in [0.5, 0.6) is 0 Å². The van der Waals surface area contributed by atoms with Crippen molar-refractivity contribution < 1.29 is 26.4 Å². The van der Waals surface area contributed by atoms with E-state index in [-0.39, 0.29) is 5.69 Å². The summed E-state index contributed by atoms with van der Waals surface area (Å²) in [4.78, 5) is 14.5. The van der Waals surface area contributed by atoms with Crippen molar-refractivity contribution in [1.82, 2.24) is 9.71 Å². The topological polar surface area (TPSA) is 102 Å². The predicted octanol–water partition coefficient (Wildman–Crippen LogP) is 0.243. The van der Waals surface area contributed by atoms with Crippen LogP contribution in [-0.2, 0) is 10.0 Å². The first-order chi connectivity index (χ1) is 7.63. The van der Waals surface area contributed by atoms with E-state index in [0.29, 0.717) is 0 Å². The van der Waals surface area contributed by atoms with Crippen molar-refractivity contribution in [3.8, 4) is 0 Å². The van der Waals surface area contributed by atoms with E-state index in [1.807, 2.05) is 0 Å². The van der Waals surface area contributed by atoms with E-state index in [9.17, 15) is 26.4 Å². The number of hydrogen-bond acceptors (Lipinski definition) is 5. The molecule has 17 heavy (non-hydrogen) atoms. The van der Waals surface area contributed by atoms with Gasteiger partial charge in [0, 0.05) is 11.9 Å². The molecule has 1 aromatic heterocycles. The number of rotatable bonds is 2. The van der Waals surface area contributed by atoms with E-state index in [1.54, 1.807) is 0 Å². The minimum absolute atomic E-state index is 0.0644. The average molecular weight is 269 g/mol. The SMILES string of the molecule is Nc1ccnc(C(=O)NS(=O)(=O)C(F)(F)F)c1. The van der Waals surface area contributed by atoms with Gasteiger partial charge in [0.25, 0.3) is 5.91 Å². The van der Waals surface area contributed by atoms with Crippen molar-refractivity contribution in [1.29, 1.82) is 0 Å². The molecule has 10 heteroatoms. The van der Waals surface area contributed by atoms with Gasteiger partial charge in [-0.1, -0.05) is 0 Å². The van der Waals surface area contributed by atoms with E-state index >= 15 is 0 Å². The molecule has 1 aromatic rings. The Kier molecular flexibility index (Phi) is 3.27. The summed E-state index contributed by atoms with van der Waals surface area (Å²) in [5, 5.41) is 0. The summed E-state index contributed by atoms with van der Waals surface area (Å²) in [5.74, 6) is -1.50. The highest BCUT2D eigenvalue weighted by Crippen LogP contribution is 2.21. The van der Waals surface area contributed by atoms with Crippen LogP contribution in [0.25, 0.3) is 0 Å². The van der Waals surface area contributed by atoms with Gasteiger partial charge in [-0.05, 0) is 12.1 Å². The number of nitrogen functional groups attached to an aromatic ring is 1. The van der Waals surface area contributed by atoms with Crippen molar-refractivity contribution in [3.05, 3.63) is 24.0 Å². The van der Waals surface area contributed by atoms with Crippen LogP contribution in [0.4, 0.5) is 18.9 Å². The smallest absolute Gasteiger partial charge is 0.399 e. The number of amides is 1. The summed E-state index contributed by atoms with van der Waals surface area (Å²) < 4.78 is 57.9. The zero-order valence-corrected chi connectivity index (χ0v) is 8.84. The molecule has 3 N–H and O–H groups in total. The van der Waals surface area contributed by atoms with Crippen molar-refractivity contribution in [3.63, 3.8) is 0 Å². The summed E-state index contributed by atoms with van der Waals surface area (Å²) in [7, 11) is -5.74. The molecule has 0 aliphatic heterocycles. The van der Waals surface area contributed by atoms with Gasteiger partial charge in [-0.3, -0.25) is 9.78 Å². The molecule has 0 saturated carbocycles. The molecule has 0 fully saturated rings. The number of halogens is 3. The highest BCUT2D eigenvalue weighted by Gasteiger charge is 2.47. The lowest BCUT2D eigenvalue weighted by atomic mass is 10.3. The number of pyridine rings is 1. The first-order valence-corrected chi connectivity index (χ1v) is 5.47. The molecule has 0 radical (unpaired) electrons. The maximum atomic E-state index is 11.9. The lowest BCUT2D eigenvalue weighted by Crippen LogP contribution is -2.40. The van der Waals surface area contributed by atoms with Gasteiger partial charge < -0.3 is 5.73 Å². The molecular weight excluding hydrogens is 263 g/mol. The van der Waals surface area contributed by atoms with Crippen molar-refractivity contribution in [2.75, 3.05) is 5.73 Å². The van der Waals surface area contributed by atoms with Crippen LogP contribution in [-0.4, -0.2) is 24.8 Å². The van der Waals surface area contributed by atoms with Crippen molar-refractivity contribution in [2.24, 2.45) is 0 Å². The Morgan fingerprint density at radius 3 is 2.47 bits per heavy atom.